The van der Waals surface area contributed by atoms with Crippen LogP contribution in [0.2, 0.25) is 0 Å². The Bertz CT molecular complexity index is 1230. The summed E-state index contributed by atoms with van der Waals surface area (Å²) in [4.78, 5) is 99.5. The Hall–Kier alpha value is 0.810. The van der Waals surface area contributed by atoms with E-state index in [1.54, 1.807) is 0 Å². The normalized spacial score (nSPS) is 31.6. The first-order valence-electron chi connectivity index (χ1n) is 8.76. The predicted octanol–water partition coefficient (Wildman–Crippen LogP) is -3.02. The number of hydrogen-bond acceptors (Lipinski definition) is 16. The van der Waals surface area contributed by atoms with Gasteiger partial charge in [0.05, 0.1) is 0 Å². The van der Waals surface area contributed by atoms with Gasteiger partial charge in [-0.15, -0.1) is 0 Å². The van der Waals surface area contributed by atoms with Crippen molar-refractivity contribution in [3.8, 4) is 0 Å². The van der Waals surface area contributed by atoms with Gasteiger partial charge in [-0.3, -0.25) is 18.1 Å². The first kappa shape index (κ1) is 38.8. The number of rotatable bonds is 14. The van der Waals surface area contributed by atoms with E-state index in [0.29, 0.717) is 0 Å². The summed E-state index contributed by atoms with van der Waals surface area (Å²) in [6, 6.07) is 0. The van der Waals surface area contributed by atoms with Crippen LogP contribution >= 0.6 is 54.8 Å². The molecule has 1 aliphatic rings. The van der Waals surface area contributed by atoms with E-state index in [9.17, 15) is 56.8 Å². The number of phosphoric acid groups is 7. The van der Waals surface area contributed by atoms with Crippen molar-refractivity contribution < 1.29 is 127 Å². The molecule has 240 valence electrons. The Labute approximate surface area is 219 Å². The van der Waals surface area contributed by atoms with Crippen LogP contribution < -0.4 is 0 Å². The SMILES string of the molecule is O=P(O)(O)O[C@@H]1[C@@H](O)[C@@H](O)[C@@H](OP(=O)(O)OP(=O)(O)O)[C@H](OP(=O)(O)OP(=O)(O)O)[C@H]1OP(=O)(O)OP(=O)(O)O. The quantitative estimate of drug-likeness (QED) is 0.0788. The zero-order valence-corrected chi connectivity index (χ0v) is 24.4. The summed E-state index contributed by atoms with van der Waals surface area (Å²) < 4.78 is 107. The number of aliphatic hydroxyl groups is 2. The molecule has 27 nitrogen and oxygen atoms in total. The maximum absolute atomic E-state index is 12.2. The van der Waals surface area contributed by atoms with Crippen LogP contribution in [0, 0.1) is 0 Å². The van der Waals surface area contributed by atoms with Crippen LogP contribution in [0.15, 0.2) is 0 Å². The van der Waals surface area contributed by atoms with Crippen molar-refractivity contribution in [1.29, 1.82) is 0 Å². The van der Waals surface area contributed by atoms with Gasteiger partial charge in [-0.1, -0.05) is 0 Å². The first-order valence-corrected chi connectivity index (χ1v) is 19.4. The molecule has 0 aromatic heterocycles. The van der Waals surface area contributed by atoms with Crippen molar-refractivity contribution in [1.82, 2.24) is 0 Å². The fraction of sp³-hybridized carbons (Fsp3) is 1.00. The van der Waals surface area contributed by atoms with Crippen molar-refractivity contribution in [2.45, 2.75) is 36.6 Å². The van der Waals surface area contributed by atoms with Crippen LogP contribution in [-0.4, -0.2) is 101 Å². The minimum absolute atomic E-state index is 3.03. The molecule has 0 radical (unpaired) electrons. The van der Waals surface area contributed by atoms with Gasteiger partial charge in [0.2, 0.25) is 0 Å². The Morgan fingerprint density at radius 2 is 0.575 bits per heavy atom. The lowest BCUT2D eigenvalue weighted by Gasteiger charge is -2.46. The van der Waals surface area contributed by atoms with Crippen LogP contribution in [-0.2, 0) is 63.0 Å². The third-order valence-corrected chi connectivity index (χ3v) is 10.7. The molecule has 3 unspecified atom stereocenters. The number of aliphatic hydroxyl groups excluding tert-OH is 2. The molecule has 0 aromatic rings. The largest absolute Gasteiger partial charge is 0.481 e. The summed E-state index contributed by atoms with van der Waals surface area (Å²) in [6.45, 7) is 0. The van der Waals surface area contributed by atoms with E-state index >= 15 is 0 Å². The van der Waals surface area contributed by atoms with Crippen LogP contribution in [0.3, 0.4) is 0 Å². The molecule has 34 heteroatoms. The van der Waals surface area contributed by atoms with Crippen molar-refractivity contribution in [3.63, 3.8) is 0 Å². The molecular formula is C6H19O27P7. The maximum atomic E-state index is 12.2. The van der Waals surface area contributed by atoms with E-state index in [4.69, 9.17) is 39.1 Å². The molecule has 1 saturated carbocycles. The lowest BCUT2D eigenvalue weighted by atomic mass is 9.85. The zero-order valence-electron chi connectivity index (χ0n) is 18.1. The Kier molecular flexibility index (Phi) is 12.7. The van der Waals surface area contributed by atoms with Crippen LogP contribution in [0.4, 0.5) is 0 Å². The number of phosphoric ester groups is 4. The zero-order chi connectivity index (χ0) is 31.9. The lowest BCUT2D eigenvalue weighted by molar-refractivity contribution is -0.208. The van der Waals surface area contributed by atoms with Gasteiger partial charge in [-0.2, -0.15) is 12.9 Å². The molecule has 0 bridgehead atoms. The minimum Gasteiger partial charge on any atom is -0.387 e. The highest BCUT2D eigenvalue weighted by molar-refractivity contribution is 7.61. The summed E-state index contributed by atoms with van der Waals surface area (Å²) in [5.41, 5.74) is 0. The molecule has 0 amide bonds. The summed E-state index contributed by atoms with van der Waals surface area (Å²) in [5, 5.41) is 20.5. The van der Waals surface area contributed by atoms with Gasteiger partial charge in [0, 0.05) is 0 Å². The molecule has 0 aromatic carbocycles. The summed E-state index contributed by atoms with van der Waals surface area (Å²) in [6.07, 6.45) is -19.0. The monoisotopic (exact) mass is 740 g/mol. The topological polar surface area (TPSA) is 447 Å². The molecule has 0 aliphatic heterocycles. The third kappa shape index (κ3) is 14.1. The fourth-order valence-electron chi connectivity index (χ4n) is 2.72. The second kappa shape index (κ2) is 13.0. The van der Waals surface area contributed by atoms with Crippen molar-refractivity contribution in [2.75, 3.05) is 0 Å². The van der Waals surface area contributed by atoms with Gasteiger partial charge in [-0.05, 0) is 0 Å². The lowest BCUT2D eigenvalue weighted by Crippen LogP contribution is -2.65. The molecule has 40 heavy (non-hydrogen) atoms. The highest BCUT2D eigenvalue weighted by Crippen LogP contribution is 2.64. The summed E-state index contributed by atoms with van der Waals surface area (Å²) >= 11 is 0. The first-order chi connectivity index (χ1) is 17.3. The van der Waals surface area contributed by atoms with Gasteiger partial charge in [0.15, 0.2) is 0 Å². The Morgan fingerprint density at radius 1 is 0.350 bits per heavy atom. The van der Waals surface area contributed by atoms with Crippen molar-refractivity contribution >= 4 is 54.8 Å². The Morgan fingerprint density at radius 3 is 0.800 bits per heavy atom. The van der Waals surface area contributed by atoms with Gasteiger partial charge in [0.1, 0.15) is 36.6 Å². The highest BCUT2D eigenvalue weighted by atomic mass is 31.3. The fourth-order valence-corrected chi connectivity index (χ4v) is 8.61. The molecule has 0 spiro atoms. The smallest absolute Gasteiger partial charge is 0.387 e. The van der Waals surface area contributed by atoms with Crippen LogP contribution in [0.5, 0.6) is 0 Å². The molecule has 1 fully saturated rings. The maximum Gasteiger partial charge on any atom is 0.481 e. The molecule has 9 atom stereocenters. The standard InChI is InChI=1S/C6H19O27P7/c7-1-2(8)4(28-38(21,22)31-35(12,13)14)6(30-40(25,26)33-37(18,19)20)5(3(1)27-34(9,10)11)29-39(23,24)32-36(15,16)17/h1-8H,(H,21,22)(H,23,24)(H,25,26)(H2,9,10,11)(H2,12,13,14)(H2,15,16,17)(H2,18,19,20)/t1-,2+,3+,4+,5-,6-/m0/s1. The summed E-state index contributed by atoms with van der Waals surface area (Å²) in [7, 11) is -43.1. The van der Waals surface area contributed by atoms with Gasteiger partial charge in [-0.25, -0.2) is 32.0 Å². The average Bonchev–Trinajstić information content (AvgIpc) is 2.58. The van der Waals surface area contributed by atoms with E-state index in [2.05, 4.69) is 31.0 Å². The minimum atomic E-state index is -6.39. The predicted molar refractivity (Wildman–Crippen MR) is 112 cm³/mol. The highest BCUT2D eigenvalue weighted by Gasteiger charge is 2.60. The van der Waals surface area contributed by atoms with Crippen molar-refractivity contribution in [3.05, 3.63) is 0 Å². The van der Waals surface area contributed by atoms with Gasteiger partial charge >= 0.3 is 54.8 Å². The van der Waals surface area contributed by atoms with Gasteiger partial charge < -0.3 is 64.0 Å². The second-order valence-corrected chi connectivity index (χ2v) is 16.4. The molecule has 13 N–H and O–H groups in total. The molecule has 1 rings (SSSR count). The molecule has 0 saturated heterocycles. The van der Waals surface area contributed by atoms with E-state index in [1.165, 1.54) is 0 Å². The van der Waals surface area contributed by atoms with E-state index in [-0.39, 0.29) is 0 Å². The Balaban J connectivity index is 3.84. The molecule has 0 heterocycles. The van der Waals surface area contributed by atoms with Crippen molar-refractivity contribution in [2.24, 2.45) is 0 Å². The van der Waals surface area contributed by atoms with Crippen LogP contribution in [0.1, 0.15) is 0 Å². The van der Waals surface area contributed by atoms with Gasteiger partial charge in [0.25, 0.3) is 0 Å². The van der Waals surface area contributed by atoms with E-state index in [0.717, 1.165) is 0 Å². The number of hydrogen-bond donors (Lipinski definition) is 13. The molecule has 1 aliphatic carbocycles. The van der Waals surface area contributed by atoms with E-state index < -0.39 is 91.4 Å². The third-order valence-electron chi connectivity index (χ3n) is 3.65. The second-order valence-electron chi connectivity index (χ2n) is 6.87. The summed E-state index contributed by atoms with van der Waals surface area (Å²) in [5.74, 6) is 0. The van der Waals surface area contributed by atoms with Crippen LogP contribution in [0.25, 0.3) is 0 Å². The van der Waals surface area contributed by atoms with E-state index in [1.807, 2.05) is 0 Å². The molecular weight excluding hydrogens is 721 g/mol. The average molecular weight is 740 g/mol.